The maximum Gasteiger partial charge on any atom is 0.247 e. The number of H-pyrrole nitrogens is 1. The minimum Gasteiger partial charge on any atom is -0.486 e. The number of pyridine rings is 1. The van der Waals surface area contributed by atoms with Crippen LogP contribution in [0.3, 0.4) is 0 Å². The highest BCUT2D eigenvalue weighted by atomic mass is 35.5. The van der Waals surface area contributed by atoms with Crippen LogP contribution in [0, 0.1) is 17.7 Å². The number of ether oxygens (including phenoxy) is 1. The summed E-state index contributed by atoms with van der Waals surface area (Å²) in [5.41, 5.74) is 0.319. The van der Waals surface area contributed by atoms with E-state index in [-0.39, 0.29) is 28.8 Å². The molecule has 0 saturated heterocycles. The smallest absolute Gasteiger partial charge is 0.247 e. The summed E-state index contributed by atoms with van der Waals surface area (Å²) in [6.45, 7) is -0.0747. The summed E-state index contributed by atoms with van der Waals surface area (Å²) < 4.78 is 18.8. The highest BCUT2D eigenvalue weighted by Gasteiger charge is 2.24. The van der Waals surface area contributed by atoms with E-state index in [1.165, 1.54) is 30.5 Å². The molecule has 1 aliphatic carbocycles. The first-order chi connectivity index (χ1) is 14.4. The molecule has 7 heteroatoms. The van der Waals surface area contributed by atoms with Crippen molar-refractivity contribution < 1.29 is 18.7 Å². The molecule has 1 N–H and O–H groups in total. The van der Waals surface area contributed by atoms with E-state index in [2.05, 4.69) is 4.98 Å². The third-order valence-electron chi connectivity index (χ3n) is 5.66. The molecule has 1 aliphatic rings. The maximum atomic E-state index is 13.4. The van der Waals surface area contributed by atoms with Crippen LogP contribution in [0.1, 0.15) is 55.3 Å². The molecule has 1 aromatic heterocycles. The van der Waals surface area contributed by atoms with Crippen LogP contribution >= 0.6 is 11.6 Å². The lowest BCUT2D eigenvalue weighted by Gasteiger charge is -2.28. The predicted octanol–water partition coefficient (Wildman–Crippen LogP) is 4.97. The van der Waals surface area contributed by atoms with Crippen LogP contribution in [0.15, 0.2) is 41.3 Å². The van der Waals surface area contributed by atoms with Gasteiger partial charge in [0.05, 0.1) is 5.02 Å². The number of benzene rings is 1. The Hall–Kier alpha value is -2.47. The molecule has 0 amide bonds. The van der Waals surface area contributed by atoms with Gasteiger partial charge in [0.25, 0.3) is 0 Å². The summed E-state index contributed by atoms with van der Waals surface area (Å²) in [6.07, 6.45) is 7.13. The zero-order valence-electron chi connectivity index (χ0n) is 16.7. The van der Waals surface area contributed by atoms with E-state index in [9.17, 15) is 18.8 Å². The zero-order chi connectivity index (χ0) is 21.5. The topological polar surface area (TPSA) is 76.2 Å². The average molecular weight is 434 g/mol. The molecular formula is C23H25ClFNO4. The minimum absolute atomic E-state index is 0.00190. The van der Waals surface area contributed by atoms with Gasteiger partial charge in [-0.25, -0.2) is 4.39 Å². The molecular weight excluding hydrogens is 409 g/mol. The number of hydrogen-bond acceptors (Lipinski definition) is 4. The number of hydrogen-bond donors (Lipinski definition) is 1. The van der Waals surface area contributed by atoms with Gasteiger partial charge in [0.1, 0.15) is 18.2 Å². The Morgan fingerprint density at radius 3 is 2.50 bits per heavy atom. The minimum atomic E-state index is -0.570. The van der Waals surface area contributed by atoms with E-state index in [0.717, 1.165) is 32.1 Å². The Bertz CT molecular complexity index is 930. The number of carbonyl (C=O) groups is 2. The standard InChI is InChI=1S/C23H25ClFNO4/c24-20-8-7-19(12-21(20)25)30-14-18(27)11-16-3-1-15(2-4-16)5-9-22(28)17-6-10-23(29)26-13-17/h6-8,10,12-13,15-16H,1-5,9,11,14H2,(H,26,29). The lowest BCUT2D eigenvalue weighted by Crippen LogP contribution is -2.21. The van der Waals surface area contributed by atoms with Crippen LogP contribution < -0.4 is 10.3 Å². The number of aromatic amines is 1. The fraction of sp³-hybridized carbons (Fsp3) is 0.435. The summed E-state index contributed by atoms with van der Waals surface area (Å²) >= 11 is 5.63. The van der Waals surface area contributed by atoms with Crippen molar-refractivity contribution in [2.45, 2.75) is 44.9 Å². The average Bonchev–Trinajstić information content (AvgIpc) is 2.74. The number of aromatic nitrogens is 1. The first kappa shape index (κ1) is 22.2. The maximum absolute atomic E-state index is 13.4. The van der Waals surface area contributed by atoms with Crippen molar-refractivity contribution in [1.82, 2.24) is 4.98 Å². The molecule has 0 atom stereocenters. The van der Waals surface area contributed by atoms with Gasteiger partial charge >= 0.3 is 0 Å². The van der Waals surface area contributed by atoms with E-state index in [4.69, 9.17) is 16.3 Å². The summed E-state index contributed by atoms with van der Waals surface area (Å²) in [5.74, 6) is 0.576. The van der Waals surface area contributed by atoms with Crippen molar-refractivity contribution in [3.63, 3.8) is 0 Å². The second kappa shape index (κ2) is 10.5. The Morgan fingerprint density at radius 1 is 1.10 bits per heavy atom. The number of halogens is 2. The molecule has 1 aromatic carbocycles. The Labute approximate surface area is 179 Å². The van der Waals surface area contributed by atoms with Crippen molar-refractivity contribution >= 4 is 23.2 Å². The number of rotatable bonds is 9. The van der Waals surface area contributed by atoms with Crippen LogP contribution in [0.4, 0.5) is 4.39 Å². The van der Waals surface area contributed by atoms with Crippen molar-refractivity contribution in [3.05, 3.63) is 63.3 Å². The predicted molar refractivity (Wildman–Crippen MR) is 113 cm³/mol. The molecule has 0 spiro atoms. The van der Waals surface area contributed by atoms with E-state index in [0.29, 0.717) is 36.0 Å². The van der Waals surface area contributed by atoms with Gasteiger partial charge in [0.15, 0.2) is 11.6 Å². The summed E-state index contributed by atoms with van der Waals surface area (Å²) in [5, 5.41) is 0.0193. The molecule has 0 unspecified atom stereocenters. The number of carbonyl (C=O) groups excluding carboxylic acids is 2. The van der Waals surface area contributed by atoms with Crippen LogP contribution in [0.25, 0.3) is 0 Å². The number of Topliss-reactive ketones (excluding diaryl/α,β-unsaturated/α-hetero) is 2. The second-order valence-electron chi connectivity index (χ2n) is 7.90. The zero-order valence-corrected chi connectivity index (χ0v) is 17.4. The number of ketones is 2. The molecule has 160 valence electrons. The lowest BCUT2D eigenvalue weighted by molar-refractivity contribution is -0.122. The molecule has 0 aliphatic heterocycles. The summed E-state index contributed by atoms with van der Waals surface area (Å²) in [6, 6.07) is 7.04. The Kier molecular flexibility index (Phi) is 7.80. The Morgan fingerprint density at radius 2 is 1.83 bits per heavy atom. The van der Waals surface area contributed by atoms with Gasteiger partial charge in [0, 0.05) is 36.7 Å². The van der Waals surface area contributed by atoms with E-state index >= 15 is 0 Å². The van der Waals surface area contributed by atoms with Crippen LogP contribution in [-0.2, 0) is 4.79 Å². The fourth-order valence-corrected chi connectivity index (χ4v) is 4.02. The molecule has 30 heavy (non-hydrogen) atoms. The second-order valence-corrected chi connectivity index (χ2v) is 8.30. The molecule has 1 fully saturated rings. The van der Waals surface area contributed by atoms with E-state index in [1.54, 1.807) is 6.07 Å². The fourth-order valence-electron chi connectivity index (χ4n) is 3.90. The number of nitrogens with one attached hydrogen (secondary N) is 1. The van der Waals surface area contributed by atoms with Crippen molar-refractivity contribution in [2.75, 3.05) is 6.61 Å². The highest BCUT2D eigenvalue weighted by molar-refractivity contribution is 6.30. The molecule has 3 rings (SSSR count). The molecule has 0 bridgehead atoms. The molecule has 2 aromatic rings. The van der Waals surface area contributed by atoms with Crippen LogP contribution in [0.2, 0.25) is 5.02 Å². The lowest BCUT2D eigenvalue weighted by atomic mass is 9.78. The van der Waals surface area contributed by atoms with Crippen LogP contribution in [-0.4, -0.2) is 23.2 Å². The SMILES string of the molecule is O=C(COc1ccc(Cl)c(F)c1)CC1CCC(CCC(=O)c2ccc(=O)[nH]c2)CC1. The van der Waals surface area contributed by atoms with E-state index in [1.807, 2.05) is 0 Å². The normalized spacial score (nSPS) is 18.7. The van der Waals surface area contributed by atoms with Crippen LogP contribution in [0.5, 0.6) is 5.75 Å². The largest absolute Gasteiger partial charge is 0.486 e. The highest BCUT2D eigenvalue weighted by Crippen LogP contribution is 2.33. The van der Waals surface area contributed by atoms with Crippen molar-refractivity contribution in [1.29, 1.82) is 0 Å². The van der Waals surface area contributed by atoms with Gasteiger partial charge in [-0.2, -0.15) is 0 Å². The van der Waals surface area contributed by atoms with E-state index < -0.39 is 5.82 Å². The third kappa shape index (κ3) is 6.52. The third-order valence-corrected chi connectivity index (χ3v) is 5.97. The van der Waals surface area contributed by atoms with Crippen molar-refractivity contribution in [3.8, 4) is 5.75 Å². The monoisotopic (exact) mass is 433 g/mol. The van der Waals surface area contributed by atoms with Gasteiger partial charge in [-0.3, -0.25) is 14.4 Å². The van der Waals surface area contributed by atoms with Gasteiger partial charge in [-0.15, -0.1) is 0 Å². The Balaban J connectivity index is 1.35. The van der Waals surface area contributed by atoms with Gasteiger partial charge in [-0.05, 0) is 49.3 Å². The van der Waals surface area contributed by atoms with Gasteiger partial charge in [0.2, 0.25) is 5.56 Å². The van der Waals surface area contributed by atoms with Gasteiger partial charge in [-0.1, -0.05) is 24.4 Å². The quantitative estimate of drug-likeness (QED) is 0.566. The summed E-state index contributed by atoms with van der Waals surface area (Å²) in [4.78, 5) is 38.0. The first-order valence-electron chi connectivity index (χ1n) is 10.2. The molecule has 1 saturated carbocycles. The molecule has 0 radical (unpaired) electrons. The first-order valence-corrected chi connectivity index (χ1v) is 10.6. The molecule has 1 heterocycles. The van der Waals surface area contributed by atoms with Crippen molar-refractivity contribution in [2.24, 2.45) is 11.8 Å². The summed E-state index contributed by atoms with van der Waals surface area (Å²) in [7, 11) is 0. The van der Waals surface area contributed by atoms with Gasteiger partial charge < -0.3 is 9.72 Å². The molecule has 5 nitrogen and oxygen atoms in total.